The molecule has 0 bridgehead atoms. The van der Waals surface area contributed by atoms with Crippen LogP contribution in [0.1, 0.15) is 0 Å². The first-order valence-corrected chi connectivity index (χ1v) is 6.04. The van der Waals surface area contributed by atoms with Gasteiger partial charge in [0.2, 0.25) is 0 Å². The summed E-state index contributed by atoms with van der Waals surface area (Å²) in [7, 11) is -3.42. The maximum atomic E-state index is 11.6. The van der Waals surface area contributed by atoms with E-state index in [1.165, 1.54) is 12.1 Å². The van der Waals surface area contributed by atoms with Gasteiger partial charge in [-0.25, -0.2) is 13.2 Å². The highest BCUT2D eigenvalue weighted by molar-refractivity contribution is 7.91. The highest BCUT2D eigenvalue weighted by Crippen LogP contribution is 2.09. The van der Waals surface area contributed by atoms with Crippen molar-refractivity contribution in [1.29, 1.82) is 0 Å². The van der Waals surface area contributed by atoms with Crippen molar-refractivity contribution in [2.24, 2.45) is 5.73 Å². The van der Waals surface area contributed by atoms with Crippen molar-refractivity contribution >= 4 is 15.9 Å². The third-order valence-electron chi connectivity index (χ3n) is 1.68. The van der Waals surface area contributed by atoms with Crippen molar-refractivity contribution in [1.82, 2.24) is 0 Å². The van der Waals surface area contributed by atoms with Crippen LogP contribution in [0.3, 0.4) is 0 Å². The summed E-state index contributed by atoms with van der Waals surface area (Å²) in [5.74, 6) is -0.287. The molecule has 0 unspecified atom stereocenters. The first-order chi connectivity index (χ1) is 7.52. The van der Waals surface area contributed by atoms with Crippen LogP contribution in [0.4, 0.5) is 4.79 Å². The molecule has 6 nitrogen and oxygen atoms in total. The molecule has 0 saturated heterocycles. The van der Waals surface area contributed by atoms with E-state index in [1.807, 2.05) is 0 Å². The molecule has 0 spiro atoms. The molecule has 2 N–H and O–H groups in total. The van der Waals surface area contributed by atoms with Gasteiger partial charge >= 0.3 is 6.09 Å². The van der Waals surface area contributed by atoms with E-state index in [2.05, 4.69) is 15.5 Å². The molecule has 1 aromatic carbocycles. The molecule has 0 aromatic heterocycles. The number of primary amides is 1. The molecule has 0 aliphatic rings. The van der Waals surface area contributed by atoms with E-state index in [9.17, 15) is 13.2 Å². The van der Waals surface area contributed by atoms with Gasteiger partial charge < -0.3 is 5.73 Å². The van der Waals surface area contributed by atoms with Crippen LogP contribution in [0.25, 0.3) is 0 Å². The lowest BCUT2D eigenvalue weighted by Gasteiger charge is -2.03. The van der Waals surface area contributed by atoms with Gasteiger partial charge in [-0.15, -0.1) is 0 Å². The number of nitrogens with two attached hydrogens (primary N) is 1. The Labute approximate surface area is 92.8 Å². The van der Waals surface area contributed by atoms with E-state index in [0.717, 1.165) is 0 Å². The van der Waals surface area contributed by atoms with Gasteiger partial charge in [-0.1, -0.05) is 18.2 Å². The minimum atomic E-state index is -3.42. The Morgan fingerprint density at radius 3 is 2.44 bits per heavy atom. The summed E-state index contributed by atoms with van der Waals surface area (Å²) < 4.78 is 23.3. The van der Waals surface area contributed by atoms with Crippen molar-refractivity contribution in [3.05, 3.63) is 30.3 Å². The number of benzene rings is 1. The summed E-state index contributed by atoms with van der Waals surface area (Å²) in [6.07, 6.45) is -1.11. The van der Waals surface area contributed by atoms with Gasteiger partial charge in [0.15, 0.2) is 9.84 Å². The van der Waals surface area contributed by atoms with Crippen molar-refractivity contribution in [3.63, 3.8) is 0 Å². The largest absolute Gasteiger partial charge is 0.436 e. The van der Waals surface area contributed by atoms with Crippen LogP contribution in [0.15, 0.2) is 35.2 Å². The minimum absolute atomic E-state index is 0.192. The molecule has 7 heteroatoms. The second-order valence-corrected chi connectivity index (χ2v) is 4.97. The van der Waals surface area contributed by atoms with E-state index in [-0.39, 0.29) is 17.3 Å². The zero-order chi connectivity index (χ0) is 12.0. The average molecular weight is 245 g/mol. The monoisotopic (exact) mass is 245 g/mol. The molecule has 0 fully saturated rings. The van der Waals surface area contributed by atoms with Crippen LogP contribution in [0, 0.1) is 0 Å². The second-order valence-electron chi connectivity index (χ2n) is 2.86. The van der Waals surface area contributed by atoms with E-state index in [4.69, 9.17) is 0 Å². The van der Waals surface area contributed by atoms with Crippen LogP contribution in [-0.4, -0.2) is 26.9 Å². The summed E-state index contributed by atoms with van der Waals surface area (Å²) in [4.78, 5) is 18.6. The highest BCUT2D eigenvalue weighted by Gasteiger charge is 2.13. The van der Waals surface area contributed by atoms with Gasteiger partial charge in [-0.05, 0) is 12.1 Å². The fourth-order valence-electron chi connectivity index (χ4n) is 0.989. The van der Waals surface area contributed by atoms with Crippen LogP contribution >= 0.6 is 0 Å². The minimum Gasteiger partial charge on any atom is -0.333 e. The lowest BCUT2D eigenvalue weighted by atomic mass is 10.4. The first-order valence-electron chi connectivity index (χ1n) is 4.39. The molecule has 0 atom stereocenters. The van der Waals surface area contributed by atoms with E-state index < -0.39 is 15.9 Å². The Morgan fingerprint density at radius 1 is 1.25 bits per heavy atom. The van der Waals surface area contributed by atoms with Gasteiger partial charge in [0.05, 0.1) is 10.6 Å². The SMILES string of the molecule is NC(=O)OOCCS(=O)(=O)c1ccccc1. The third-order valence-corrected chi connectivity index (χ3v) is 3.37. The van der Waals surface area contributed by atoms with E-state index in [0.29, 0.717) is 0 Å². The number of carbonyl (C=O) groups excluding carboxylic acids is 1. The van der Waals surface area contributed by atoms with Gasteiger partial charge in [0.25, 0.3) is 0 Å². The molecule has 0 saturated carbocycles. The standard InChI is InChI=1S/C9H11NO5S/c10-9(11)15-14-6-7-16(12,13)8-4-2-1-3-5-8/h1-5H,6-7H2,(H2,10,11). The topological polar surface area (TPSA) is 95.7 Å². The lowest BCUT2D eigenvalue weighted by Crippen LogP contribution is -2.17. The zero-order valence-electron chi connectivity index (χ0n) is 8.33. The van der Waals surface area contributed by atoms with Crippen molar-refractivity contribution in [2.75, 3.05) is 12.4 Å². The average Bonchev–Trinajstić information content (AvgIpc) is 2.26. The molecule has 1 aromatic rings. The highest BCUT2D eigenvalue weighted by atomic mass is 32.2. The molecule has 0 radical (unpaired) electrons. The van der Waals surface area contributed by atoms with Gasteiger partial charge in [-0.2, -0.15) is 4.89 Å². The Kier molecular flexibility index (Phi) is 4.27. The van der Waals surface area contributed by atoms with E-state index in [1.54, 1.807) is 18.2 Å². The molecule has 0 heterocycles. The zero-order valence-corrected chi connectivity index (χ0v) is 9.14. The number of hydrogen-bond donors (Lipinski definition) is 1. The molecule has 88 valence electrons. The Balaban J connectivity index is 2.51. The van der Waals surface area contributed by atoms with Gasteiger partial charge in [0.1, 0.15) is 6.61 Å². The molecule has 1 rings (SSSR count). The van der Waals surface area contributed by atoms with Crippen molar-refractivity contribution in [2.45, 2.75) is 4.90 Å². The summed E-state index contributed by atoms with van der Waals surface area (Å²) in [6, 6.07) is 7.90. The normalized spacial score (nSPS) is 11.0. The fourth-order valence-corrected chi connectivity index (χ4v) is 2.08. The summed E-state index contributed by atoms with van der Waals surface area (Å²) >= 11 is 0. The van der Waals surface area contributed by atoms with Crippen molar-refractivity contribution in [3.8, 4) is 0 Å². The smallest absolute Gasteiger partial charge is 0.333 e. The summed E-state index contributed by atoms with van der Waals surface area (Å²) in [5, 5.41) is 0. The Morgan fingerprint density at radius 2 is 1.88 bits per heavy atom. The molecule has 0 aliphatic heterocycles. The first kappa shape index (κ1) is 12.5. The Hall–Kier alpha value is -1.60. The predicted octanol–water partition coefficient (Wildman–Crippen LogP) is 0.487. The maximum absolute atomic E-state index is 11.6. The molecule has 0 aliphatic carbocycles. The van der Waals surface area contributed by atoms with Crippen LogP contribution < -0.4 is 5.73 Å². The van der Waals surface area contributed by atoms with Gasteiger partial charge in [-0.3, -0.25) is 4.89 Å². The lowest BCUT2D eigenvalue weighted by molar-refractivity contribution is -0.231. The molecule has 16 heavy (non-hydrogen) atoms. The number of carbonyl (C=O) groups is 1. The fraction of sp³-hybridized carbons (Fsp3) is 0.222. The third kappa shape index (κ3) is 3.87. The van der Waals surface area contributed by atoms with Gasteiger partial charge in [0, 0.05) is 0 Å². The molecule has 1 amide bonds. The number of rotatable bonds is 5. The second kappa shape index (κ2) is 5.47. The summed E-state index contributed by atoms with van der Waals surface area (Å²) in [5.41, 5.74) is 4.62. The van der Waals surface area contributed by atoms with Crippen LogP contribution in [0.2, 0.25) is 0 Å². The maximum Gasteiger partial charge on any atom is 0.436 e. The van der Waals surface area contributed by atoms with Crippen LogP contribution in [0.5, 0.6) is 0 Å². The van der Waals surface area contributed by atoms with E-state index >= 15 is 0 Å². The predicted molar refractivity (Wildman–Crippen MR) is 55.1 cm³/mol. The van der Waals surface area contributed by atoms with Crippen LogP contribution in [-0.2, 0) is 19.6 Å². The number of sulfone groups is 1. The number of hydrogen-bond acceptors (Lipinski definition) is 5. The van der Waals surface area contributed by atoms with Crippen molar-refractivity contribution < 1.29 is 23.0 Å². The molecular formula is C9H11NO5S. The Bertz CT molecular complexity index is 442. The molecular weight excluding hydrogens is 234 g/mol. The number of amides is 1. The quantitative estimate of drug-likeness (QED) is 0.462. The summed E-state index contributed by atoms with van der Waals surface area (Å²) in [6.45, 7) is -0.264.